The van der Waals surface area contributed by atoms with Crippen molar-refractivity contribution in [2.45, 2.75) is 31.8 Å². The summed E-state index contributed by atoms with van der Waals surface area (Å²) in [5, 5.41) is 3.59. The second-order valence-electron chi connectivity index (χ2n) is 5.07. The van der Waals surface area contributed by atoms with Crippen LogP contribution in [0.5, 0.6) is 0 Å². The molecular formula is C17H19N. The molecule has 18 heavy (non-hydrogen) atoms. The van der Waals surface area contributed by atoms with Gasteiger partial charge in [0.1, 0.15) is 0 Å². The van der Waals surface area contributed by atoms with Gasteiger partial charge in [0.25, 0.3) is 0 Å². The molecule has 2 aromatic rings. The summed E-state index contributed by atoms with van der Waals surface area (Å²) in [6.07, 6.45) is 4.09. The van der Waals surface area contributed by atoms with Crippen molar-refractivity contribution in [3.63, 3.8) is 0 Å². The van der Waals surface area contributed by atoms with Gasteiger partial charge in [-0.1, -0.05) is 61.0 Å². The Morgan fingerprint density at radius 3 is 2.11 bits per heavy atom. The molecular weight excluding hydrogens is 218 g/mol. The second-order valence-corrected chi connectivity index (χ2v) is 5.07. The molecule has 1 aliphatic rings. The molecule has 0 aliphatic heterocycles. The van der Waals surface area contributed by atoms with Gasteiger partial charge in [0, 0.05) is 12.6 Å². The van der Waals surface area contributed by atoms with Crippen LogP contribution in [0.1, 0.15) is 24.8 Å². The van der Waals surface area contributed by atoms with Crippen molar-refractivity contribution >= 4 is 0 Å². The molecule has 1 aliphatic carbocycles. The van der Waals surface area contributed by atoms with Crippen LogP contribution >= 0.6 is 0 Å². The lowest BCUT2D eigenvalue weighted by atomic mass is 9.93. The number of nitrogens with one attached hydrogen (secondary N) is 1. The lowest BCUT2D eigenvalue weighted by Gasteiger charge is -2.26. The third-order valence-electron chi connectivity index (χ3n) is 3.76. The average Bonchev–Trinajstić information content (AvgIpc) is 2.39. The monoisotopic (exact) mass is 237 g/mol. The Balaban J connectivity index is 1.65. The molecule has 0 atom stereocenters. The highest BCUT2D eigenvalue weighted by atomic mass is 14.9. The van der Waals surface area contributed by atoms with Gasteiger partial charge in [0.15, 0.2) is 0 Å². The average molecular weight is 237 g/mol. The van der Waals surface area contributed by atoms with E-state index in [0.717, 1.165) is 12.6 Å². The van der Waals surface area contributed by atoms with Gasteiger partial charge in [-0.25, -0.2) is 0 Å². The first-order chi connectivity index (χ1) is 8.92. The van der Waals surface area contributed by atoms with E-state index in [1.165, 1.54) is 36.0 Å². The van der Waals surface area contributed by atoms with E-state index >= 15 is 0 Å². The van der Waals surface area contributed by atoms with E-state index in [2.05, 4.69) is 59.9 Å². The van der Waals surface area contributed by atoms with Gasteiger partial charge >= 0.3 is 0 Å². The van der Waals surface area contributed by atoms with Gasteiger partial charge in [-0.3, -0.25) is 0 Å². The summed E-state index contributed by atoms with van der Waals surface area (Å²) in [7, 11) is 0. The summed E-state index contributed by atoms with van der Waals surface area (Å²) in [5.74, 6) is 0. The minimum Gasteiger partial charge on any atom is -0.310 e. The molecule has 0 unspecified atom stereocenters. The summed E-state index contributed by atoms with van der Waals surface area (Å²) in [5.41, 5.74) is 3.96. The zero-order valence-corrected chi connectivity index (χ0v) is 10.6. The third kappa shape index (κ3) is 2.62. The topological polar surface area (TPSA) is 12.0 Å². The predicted octanol–water partition coefficient (Wildman–Crippen LogP) is 4.00. The minimum absolute atomic E-state index is 0.763. The van der Waals surface area contributed by atoms with Gasteiger partial charge in [-0.15, -0.1) is 0 Å². The fourth-order valence-electron chi connectivity index (χ4n) is 2.32. The fraction of sp³-hybridized carbons (Fsp3) is 0.294. The molecule has 2 aromatic carbocycles. The Hall–Kier alpha value is -1.60. The minimum atomic E-state index is 0.763. The Labute approximate surface area is 109 Å². The molecule has 0 amide bonds. The van der Waals surface area contributed by atoms with Crippen molar-refractivity contribution < 1.29 is 0 Å². The molecule has 1 heteroatoms. The zero-order chi connectivity index (χ0) is 12.2. The molecule has 1 fully saturated rings. The van der Waals surface area contributed by atoms with Crippen molar-refractivity contribution in [3.8, 4) is 11.1 Å². The van der Waals surface area contributed by atoms with E-state index in [-0.39, 0.29) is 0 Å². The molecule has 92 valence electrons. The summed E-state index contributed by atoms with van der Waals surface area (Å²) < 4.78 is 0. The number of hydrogen-bond donors (Lipinski definition) is 1. The van der Waals surface area contributed by atoms with Crippen LogP contribution in [0.15, 0.2) is 54.6 Å². The van der Waals surface area contributed by atoms with Crippen molar-refractivity contribution in [1.82, 2.24) is 5.32 Å². The van der Waals surface area contributed by atoms with E-state index in [9.17, 15) is 0 Å². The van der Waals surface area contributed by atoms with Crippen LogP contribution < -0.4 is 5.32 Å². The third-order valence-corrected chi connectivity index (χ3v) is 3.76. The highest BCUT2D eigenvalue weighted by molar-refractivity contribution is 5.63. The van der Waals surface area contributed by atoms with Gasteiger partial charge in [0.05, 0.1) is 0 Å². The Morgan fingerprint density at radius 1 is 0.833 bits per heavy atom. The SMILES string of the molecule is c1ccc(-c2ccc(CNC3CCC3)cc2)cc1. The van der Waals surface area contributed by atoms with Crippen LogP contribution in [-0.2, 0) is 6.54 Å². The highest BCUT2D eigenvalue weighted by Gasteiger charge is 2.15. The van der Waals surface area contributed by atoms with Gasteiger partial charge < -0.3 is 5.32 Å². The van der Waals surface area contributed by atoms with Crippen LogP contribution in [0.4, 0.5) is 0 Å². The fourth-order valence-corrected chi connectivity index (χ4v) is 2.32. The van der Waals surface area contributed by atoms with Crippen LogP contribution in [-0.4, -0.2) is 6.04 Å². The smallest absolute Gasteiger partial charge is 0.0208 e. The molecule has 0 heterocycles. The molecule has 3 rings (SSSR count). The molecule has 1 N–H and O–H groups in total. The van der Waals surface area contributed by atoms with Crippen LogP contribution in [0.2, 0.25) is 0 Å². The molecule has 0 bridgehead atoms. The second kappa shape index (κ2) is 5.36. The predicted molar refractivity (Wildman–Crippen MR) is 76.4 cm³/mol. The summed E-state index contributed by atoms with van der Waals surface area (Å²) in [6.45, 7) is 1.000. The van der Waals surface area contributed by atoms with Crippen LogP contribution in [0, 0.1) is 0 Å². The Kier molecular flexibility index (Phi) is 3.42. The van der Waals surface area contributed by atoms with E-state index in [1.54, 1.807) is 0 Å². The lowest BCUT2D eigenvalue weighted by molar-refractivity contribution is 0.338. The van der Waals surface area contributed by atoms with Crippen molar-refractivity contribution in [2.75, 3.05) is 0 Å². The van der Waals surface area contributed by atoms with Crippen LogP contribution in [0.25, 0.3) is 11.1 Å². The van der Waals surface area contributed by atoms with E-state index in [1.807, 2.05) is 0 Å². The first-order valence-electron chi connectivity index (χ1n) is 6.79. The largest absolute Gasteiger partial charge is 0.310 e. The van der Waals surface area contributed by atoms with Gasteiger partial charge in [0.2, 0.25) is 0 Å². The molecule has 1 saturated carbocycles. The quantitative estimate of drug-likeness (QED) is 0.847. The molecule has 0 aromatic heterocycles. The summed E-state index contributed by atoms with van der Waals surface area (Å²) >= 11 is 0. The van der Waals surface area contributed by atoms with Crippen molar-refractivity contribution in [3.05, 3.63) is 60.2 Å². The summed E-state index contributed by atoms with van der Waals surface area (Å²) in [6, 6.07) is 20.2. The first-order valence-corrected chi connectivity index (χ1v) is 6.79. The normalized spacial score (nSPS) is 15.3. The van der Waals surface area contributed by atoms with Gasteiger partial charge in [-0.05, 0) is 29.5 Å². The molecule has 0 saturated heterocycles. The number of benzene rings is 2. The Morgan fingerprint density at radius 2 is 1.50 bits per heavy atom. The lowest BCUT2D eigenvalue weighted by Crippen LogP contribution is -2.34. The maximum atomic E-state index is 3.59. The van der Waals surface area contributed by atoms with E-state index in [4.69, 9.17) is 0 Å². The van der Waals surface area contributed by atoms with Crippen molar-refractivity contribution in [1.29, 1.82) is 0 Å². The number of rotatable bonds is 4. The van der Waals surface area contributed by atoms with E-state index < -0.39 is 0 Å². The maximum absolute atomic E-state index is 3.59. The molecule has 1 nitrogen and oxygen atoms in total. The van der Waals surface area contributed by atoms with E-state index in [0.29, 0.717) is 0 Å². The summed E-state index contributed by atoms with van der Waals surface area (Å²) in [4.78, 5) is 0. The highest BCUT2D eigenvalue weighted by Crippen LogP contribution is 2.21. The first kappa shape index (κ1) is 11.5. The number of hydrogen-bond acceptors (Lipinski definition) is 1. The Bertz CT molecular complexity index is 483. The standard InChI is InChI=1S/C17H19N/c1-2-5-15(6-3-1)16-11-9-14(10-12-16)13-18-17-7-4-8-17/h1-3,5-6,9-12,17-18H,4,7-8,13H2. The molecule has 0 radical (unpaired) electrons. The molecule has 0 spiro atoms. The zero-order valence-electron chi connectivity index (χ0n) is 10.6. The van der Waals surface area contributed by atoms with Gasteiger partial charge in [-0.2, -0.15) is 0 Å². The maximum Gasteiger partial charge on any atom is 0.0208 e. The van der Waals surface area contributed by atoms with Crippen molar-refractivity contribution in [2.24, 2.45) is 0 Å². The van der Waals surface area contributed by atoms with Crippen LogP contribution in [0.3, 0.4) is 0 Å².